The molecule has 0 saturated heterocycles. The molecule has 0 unspecified atom stereocenters. The van der Waals surface area contributed by atoms with Crippen LogP contribution in [0.25, 0.3) is 0 Å². The third-order valence-corrected chi connectivity index (χ3v) is 12.6. The Morgan fingerprint density at radius 2 is 0.526 bits per heavy atom. The van der Waals surface area contributed by atoms with Gasteiger partial charge in [0.1, 0.15) is 90.8 Å². The first-order valence-corrected chi connectivity index (χ1v) is 34.1. The SMILES string of the molecule is CC(=O)COC(=O)COCC(=O)OCC(=O)OCc1ccccc1.O=C(COCC(=O)OCC(=O)Oc1cc(Cl)ccc1Oc1ccc(Cl)cc1Cl)OCC(=O)Oc1cc(Cl)ccc1Oc1ccc(Cl)cc1Cl.O=C(Cl)COC(=O)COCC(=O)OCC(=O)Cl.O=C(O)COC(=O)COCC(=O)OCC(=O)O.O=C(O)COCC(=O)O. The molecular weight excluding hydrogens is 1740 g/mol. The molecule has 0 spiro atoms. The number of ketones is 1. The summed E-state index contributed by atoms with van der Waals surface area (Å²) in [4.78, 5) is 196. The Morgan fingerprint density at radius 1 is 0.267 bits per heavy atom. The molecule has 0 aliphatic heterocycles. The molecular formula is C68H62Cl8O40. The van der Waals surface area contributed by atoms with Gasteiger partial charge in [0.15, 0.2) is 75.0 Å². The smallest absolute Gasteiger partial charge is 0.349 e. The monoisotopic (exact) mass is 1800 g/mol. The summed E-state index contributed by atoms with van der Waals surface area (Å²) in [7, 11) is 0. The number of halogens is 8. The van der Waals surface area contributed by atoms with E-state index < -0.39 is 212 Å². The van der Waals surface area contributed by atoms with Gasteiger partial charge in [-0.15, -0.1) is 0 Å². The first kappa shape index (κ1) is 103. The van der Waals surface area contributed by atoms with Crippen molar-refractivity contribution in [3.63, 3.8) is 0 Å². The van der Waals surface area contributed by atoms with Crippen LogP contribution >= 0.6 is 92.8 Å². The summed E-state index contributed by atoms with van der Waals surface area (Å²) in [5, 5.41) is 32.1. The number of ether oxygens (including phenoxy) is 18. The molecule has 0 aliphatic rings. The molecule has 5 aromatic rings. The van der Waals surface area contributed by atoms with Gasteiger partial charge in [0, 0.05) is 32.2 Å². The average molecular weight is 1800 g/mol. The molecule has 0 aromatic heterocycles. The molecule has 0 atom stereocenters. The Bertz CT molecular complexity index is 3930. The Morgan fingerprint density at radius 3 is 0.819 bits per heavy atom. The molecule has 5 aromatic carbocycles. The molecule has 0 radical (unpaired) electrons. The van der Waals surface area contributed by atoms with Crippen molar-refractivity contribution in [2.24, 2.45) is 0 Å². The Balaban J connectivity index is 0.000000832. The first-order chi connectivity index (χ1) is 54.8. The summed E-state index contributed by atoms with van der Waals surface area (Å²) in [6.07, 6.45) is 0. The molecule has 0 heterocycles. The molecule has 48 heteroatoms. The van der Waals surface area contributed by atoms with Crippen LogP contribution < -0.4 is 18.9 Å². The fraction of sp³-hybridized carbons (Fsp3) is 0.294. The van der Waals surface area contributed by atoms with Gasteiger partial charge < -0.3 is 106 Å². The van der Waals surface area contributed by atoms with E-state index >= 15 is 0 Å². The lowest BCUT2D eigenvalue weighted by atomic mass is 10.2. The highest BCUT2D eigenvalue weighted by Crippen LogP contribution is 2.39. The number of carboxylic acid groups (broad SMARTS) is 4. The van der Waals surface area contributed by atoms with Crippen molar-refractivity contribution in [1.29, 1.82) is 0 Å². The quantitative estimate of drug-likeness (QED) is 0.0144. The van der Waals surface area contributed by atoms with Crippen LogP contribution in [0.1, 0.15) is 12.5 Å². The molecule has 0 fully saturated rings. The highest BCUT2D eigenvalue weighted by Gasteiger charge is 2.21. The predicted molar refractivity (Wildman–Crippen MR) is 388 cm³/mol. The van der Waals surface area contributed by atoms with Gasteiger partial charge in [0.25, 0.3) is 10.5 Å². The van der Waals surface area contributed by atoms with Crippen LogP contribution in [-0.2, 0) is 159 Å². The van der Waals surface area contributed by atoms with Crippen molar-refractivity contribution in [2.45, 2.75) is 13.5 Å². The lowest BCUT2D eigenvalue weighted by Crippen LogP contribution is -2.24. The summed E-state index contributed by atoms with van der Waals surface area (Å²) in [6.45, 7) is -9.90. The third kappa shape index (κ3) is 54.6. The van der Waals surface area contributed by atoms with E-state index in [1.807, 2.05) is 18.2 Å². The maximum Gasteiger partial charge on any atom is 0.349 e. The number of carbonyl (C=O) groups excluding carboxylic acids is 14. The van der Waals surface area contributed by atoms with Gasteiger partial charge in [-0.1, -0.05) is 99.9 Å². The molecule has 0 amide bonds. The zero-order chi connectivity index (χ0) is 87.1. The number of aliphatic carboxylic acids is 4. The molecule has 40 nitrogen and oxygen atoms in total. The van der Waals surface area contributed by atoms with Gasteiger partial charge in [0.2, 0.25) is 0 Å². The summed E-state index contributed by atoms with van der Waals surface area (Å²) in [5.41, 5.74) is 0.810. The van der Waals surface area contributed by atoms with Crippen LogP contribution in [0, 0.1) is 0 Å². The lowest BCUT2D eigenvalue weighted by molar-refractivity contribution is -0.164. The minimum Gasteiger partial charge on any atom is -0.480 e. The van der Waals surface area contributed by atoms with Crippen LogP contribution in [0.5, 0.6) is 34.5 Å². The largest absolute Gasteiger partial charge is 0.480 e. The zero-order valence-corrected chi connectivity index (χ0v) is 65.3. The van der Waals surface area contributed by atoms with Crippen molar-refractivity contribution in [3.8, 4) is 34.5 Å². The third-order valence-electron chi connectivity index (χ3n) is 10.8. The second-order valence-electron chi connectivity index (χ2n) is 20.4. The van der Waals surface area contributed by atoms with E-state index in [-0.39, 0.29) is 73.6 Å². The Hall–Kier alpha value is -11.1. The van der Waals surface area contributed by atoms with Gasteiger partial charge in [-0.05, 0) is 96.4 Å². The van der Waals surface area contributed by atoms with E-state index in [1.54, 1.807) is 24.3 Å². The first-order valence-electron chi connectivity index (χ1n) is 31.1. The maximum absolute atomic E-state index is 12.3. The number of esters is 11. The number of carbonyl (C=O) groups is 18. The van der Waals surface area contributed by atoms with Gasteiger partial charge in [-0.25, -0.2) is 71.9 Å². The second-order valence-corrected chi connectivity index (χ2v) is 23.8. The number of rotatable bonds is 44. The fourth-order valence-corrected chi connectivity index (χ4v) is 7.65. The second kappa shape index (κ2) is 59.6. The number of hydrogen-bond acceptors (Lipinski definition) is 36. The highest BCUT2D eigenvalue weighted by atomic mass is 35.5. The molecule has 4 N–H and O–H groups in total. The van der Waals surface area contributed by atoms with E-state index in [0.717, 1.165) is 5.56 Å². The normalized spacial score (nSPS) is 9.97. The molecule has 0 saturated carbocycles. The van der Waals surface area contributed by atoms with Crippen molar-refractivity contribution in [1.82, 2.24) is 0 Å². The summed E-state index contributed by atoms with van der Waals surface area (Å²) >= 11 is 45.9. The molecule has 630 valence electrons. The summed E-state index contributed by atoms with van der Waals surface area (Å²) in [5.74, 6) is -14.7. The van der Waals surface area contributed by atoms with Crippen molar-refractivity contribution < 1.29 is 192 Å². The average Bonchev–Trinajstić information content (AvgIpc) is 0.839. The minimum absolute atomic E-state index is 0.0791. The summed E-state index contributed by atoms with van der Waals surface area (Å²) in [6, 6.07) is 26.6. The van der Waals surface area contributed by atoms with E-state index in [4.69, 9.17) is 156 Å². The molecule has 5 rings (SSSR count). The molecule has 0 aliphatic carbocycles. The van der Waals surface area contributed by atoms with Gasteiger partial charge in [-0.3, -0.25) is 14.4 Å². The van der Waals surface area contributed by atoms with Gasteiger partial charge in [0.05, 0.1) is 10.0 Å². The van der Waals surface area contributed by atoms with Crippen molar-refractivity contribution in [3.05, 3.63) is 139 Å². The molecule has 0 bridgehead atoms. The summed E-state index contributed by atoms with van der Waals surface area (Å²) < 4.78 is 85.4. The zero-order valence-electron chi connectivity index (χ0n) is 59.3. The minimum atomic E-state index is -1.32. The lowest BCUT2D eigenvalue weighted by Gasteiger charge is -2.13. The standard InChI is InChI=1S/C32H20Cl6O11.C16H18O8.C8H8Cl2O7.C8H10O9.C4H6O5/c33-17-1-5-23(21(37)9-17)46-25-7-3-19(35)11-27(25)48-31(41)15-44-29(39)13-43-14-30(40)45-16-32(42)49-28-12-20(36)4-8-26(28)47-24-6-2-18(34)10-22(24)38;1-12(17)7-22-14(18)9-21-10-15(19)24-11-16(20)23-8-13-5-3-2-4-6-13;9-5(11)1-16-7(13)3-15-4-8(14)17-2-6(10)12;9-5(10)1-16-7(13)3-15-4-8(14)17-2-6(11)12;5-3(6)1-9-2-4(7)8/h1-12H,13-16H2;2-6H,7-11H2,1H3;1-4H2;1-4H2,(H,9,10)(H,11,12);1-2H2,(H,5,6)(H,7,8). The number of Topliss-reactive ketones (excluding diaryl/α,β-unsaturated/α-hetero) is 1. The van der Waals surface area contributed by atoms with Crippen LogP contribution in [0.3, 0.4) is 0 Å². The maximum atomic E-state index is 12.3. The number of hydrogen-bond donors (Lipinski definition) is 4. The van der Waals surface area contributed by atoms with E-state index in [2.05, 4.69) is 42.6 Å². The Kier molecular flexibility index (Phi) is 52.8. The van der Waals surface area contributed by atoms with Crippen molar-refractivity contribution >= 4 is 199 Å². The van der Waals surface area contributed by atoms with Crippen LogP contribution in [0.4, 0.5) is 0 Å². The van der Waals surface area contributed by atoms with Crippen LogP contribution in [0.15, 0.2) is 103 Å². The Labute approximate surface area is 692 Å². The highest BCUT2D eigenvalue weighted by molar-refractivity contribution is 6.64. The van der Waals surface area contributed by atoms with E-state index in [0.29, 0.717) is 10.0 Å². The number of benzene rings is 5. The number of carboxylic acids is 4. The predicted octanol–water partition coefficient (Wildman–Crippen LogP) is 6.28. The van der Waals surface area contributed by atoms with Gasteiger partial charge in [-0.2, -0.15) is 0 Å². The van der Waals surface area contributed by atoms with Crippen LogP contribution in [-0.4, -0.2) is 245 Å². The van der Waals surface area contributed by atoms with Crippen LogP contribution in [0.2, 0.25) is 30.1 Å². The topological polar surface area (TPSA) is 554 Å². The van der Waals surface area contributed by atoms with E-state index in [9.17, 15) is 86.3 Å². The van der Waals surface area contributed by atoms with Gasteiger partial charge >= 0.3 is 89.5 Å². The molecule has 116 heavy (non-hydrogen) atoms. The fourth-order valence-electron chi connectivity index (χ4n) is 6.32. The van der Waals surface area contributed by atoms with Crippen molar-refractivity contribution in [2.75, 3.05) is 119 Å². The van der Waals surface area contributed by atoms with E-state index in [1.165, 1.54) is 67.6 Å².